The maximum absolute atomic E-state index is 12.6. The van der Waals surface area contributed by atoms with Crippen molar-refractivity contribution in [1.82, 2.24) is 4.90 Å². The van der Waals surface area contributed by atoms with Gasteiger partial charge < -0.3 is 9.47 Å². The van der Waals surface area contributed by atoms with Crippen molar-refractivity contribution < 1.29 is 19.1 Å². The minimum Gasteiger partial charge on any atom is -0.490 e. The highest BCUT2D eigenvalue weighted by Gasteiger charge is 2.31. The SMILES string of the molecule is C=CCN1C(=O)C(=Cc2cc(Cl)c(OC(=O)c3cccc(C)c3)c(OCC)c2)SC1=S. The molecule has 2 aromatic rings. The molecule has 2 aromatic carbocycles. The molecule has 1 aliphatic heterocycles. The van der Waals surface area contributed by atoms with Gasteiger partial charge in [0.2, 0.25) is 0 Å². The van der Waals surface area contributed by atoms with Crippen LogP contribution in [0.25, 0.3) is 6.08 Å². The lowest BCUT2D eigenvalue weighted by Crippen LogP contribution is -2.27. The van der Waals surface area contributed by atoms with E-state index in [1.54, 1.807) is 42.5 Å². The Morgan fingerprint density at radius 2 is 2.10 bits per heavy atom. The first-order valence-corrected chi connectivity index (χ1v) is 11.1. The second-order valence-electron chi connectivity index (χ2n) is 6.60. The molecular formula is C23H20ClNO4S2. The molecule has 1 heterocycles. The fraction of sp³-hybridized carbons (Fsp3) is 0.174. The predicted molar refractivity (Wildman–Crippen MR) is 129 cm³/mol. The number of hydrogen-bond donors (Lipinski definition) is 0. The Kier molecular flexibility index (Phi) is 7.54. The zero-order chi connectivity index (χ0) is 22.5. The number of carbonyl (C=O) groups is 2. The van der Waals surface area contributed by atoms with E-state index in [1.165, 1.54) is 16.7 Å². The first-order chi connectivity index (χ1) is 14.8. The summed E-state index contributed by atoms with van der Waals surface area (Å²) in [6.07, 6.45) is 3.30. The van der Waals surface area contributed by atoms with Crippen molar-refractivity contribution in [3.8, 4) is 11.5 Å². The number of carbonyl (C=O) groups excluding carboxylic acids is 2. The van der Waals surface area contributed by atoms with E-state index in [-0.39, 0.29) is 16.7 Å². The average Bonchev–Trinajstić information content (AvgIpc) is 2.98. The summed E-state index contributed by atoms with van der Waals surface area (Å²) in [6, 6.07) is 10.4. The number of nitrogens with zero attached hydrogens (tertiary/aromatic N) is 1. The number of aryl methyl sites for hydroxylation is 1. The molecule has 5 nitrogen and oxygen atoms in total. The second kappa shape index (κ2) is 10.1. The maximum Gasteiger partial charge on any atom is 0.343 e. The zero-order valence-corrected chi connectivity index (χ0v) is 19.4. The van der Waals surface area contributed by atoms with Gasteiger partial charge in [0.05, 0.1) is 22.1 Å². The molecule has 0 atom stereocenters. The molecule has 0 aromatic heterocycles. The van der Waals surface area contributed by atoms with Crippen molar-refractivity contribution in [2.24, 2.45) is 0 Å². The van der Waals surface area contributed by atoms with Crippen LogP contribution in [0, 0.1) is 6.92 Å². The van der Waals surface area contributed by atoms with Gasteiger partial charge in [0.15, 0.2) is 11.5 Å². The third kappa shape index (κ3) is 5.36. The van der Waals surface area contributed by atoms with E-state index in [0.717, 1.165) is 5.56 Å². The number of thiocarbonyl (C=S) groups is 1. The molecule has 0 saturated carbocycles. The molecular weight excluding hydrogens is 454 g/mol. The van der Waals surface area contributed by atoms with Crippen molar-refractivity contribution in [3.05, 3.63) is 75.7 Å². The highest BCUT2D eigenvalue weighted by atomic mass is 35.5. The minimum atomic E-state index is -0.537. The molecule has 1 amide bonds. The Hall–Kier alpha value is -2.61. The first-order valence-electron chi connectivity index (χ1n) is 9.45. The molecule has 0 aliphatic carbocycles. The molecule has 1 aliphatic rings. The molecule has 0 unspecified atom stereocenters. The standard InChI is InChI=1S/C23H20ClNO4S2/c1-4-9-25-21(26)19(31-23(25)30)13-15-11-17(24)20(18(12-15)28-5-2)29-22(27)16-8-6-7-14(3)10-16/h4,6-8,10-13H,1,5,9H2,2-3H3. The summed E-state index contributed by atoms with van der Waals surface area (Å²) in [7, 11) is 0. The Labute approximate surface area is 195 Å². The lowest BCUT2D eigenvalue weighted by atomic mass is 10.1. The van der Waals surface area contributed by atoms with Crippen molar-refractivity contribution >= 4 is 57.9 Å². The van der Waals surface area contributed by atoms with Crippen LogP contribution in [0.5, 0.6) is 11.5 Å². The summed E-state index contributed by atoms with van der Waals surface area (Å²) in [5.74, 6) is -0.293. The van der Waals surface area contributed by atoms with Crippen LogP contribution in [0.4, 0.5) is 0 Å². The number of hydrogen-bond acceptors (Lipinski definition) is 6. The van der Waals surface area contributed by atoms with E-state index in [2.05, 4.69) is 6.58 Å². The van der Waals surface area contributed by atoms with E-state index < -0.39 is 5.97 Å². The fourth-order valence-electron chi connectivity index (χ4n) is 2.89. The van der Waals surface area contributed by atoms with E-state index in [9.17, 15) is 9.59 Å². The number of ether oxygens (including phenoxy) is 2. The topological polar surface area (TPSA) is 55.8 Å². The smallest absolute Gasteiger partial charge is 0.343 e. The quantitative estimate of drug-likeness (QED) is 0.170. The normalized spacial score (nSPS) is 14.8. The third-order valence-electron chi connectivity index (χ3n) is 4.26. The maximum atomic E-state index is 12.6. The first kappa shape index (κ1) is 23.1. The summed E-state index contributed by atoms with van der Waals surface area (Å²) in [6.45, 7) is 8.04. The van der Waals surface area contributed by atoms with Gasteiger partial charge in [-0.1, -0.05) is 59.4 Å². The number of rotatable bonds is 7. The van der Waals surface area contributed by atoms with Crippen LogP contribution in [0.1, 0.15) is 28.4 Å². The van der Waals surface area contributed by atoms with Crippen LogP contribution in [0.2, 0.25) is 5.02 Å². The predicted octanol–water partition coefficient (Wildman–Crippen LogP) is 5.65. The summed E-state index contributed by atoms with van der Waals surface area (Å²) >= 11 is 12.9. The van der Waals surface area contributed by atoms with Crippen LogP contribution >= 0.6 is 35.6 Å². The third-order valence-corrected chi connectivity index (χ3v) is 5.92. The molecule has 31 heavy (non-hydrogen) atoms. The second-order valence-corrected chi connectivity index (χ2v) is 8.69. The highest BCUT2D eigenvalue weighted by Crippen LogP contribution is 2.39. The average molecular weight is 474 g/mol. The van der Waals surface area contributed by atoms with E-state index in [1.807, 2.05) is 19.9 Å². The molecule has 3 rings (SSSR count). The largest absolute Gasteiger partial charge is 0.490 e. The van der Waals surface area contributed by atoms with Gasteiger partial charge in [0, 0.05) is 6.54 Å². The zero-order valence-electron chi connectivity index (χ0n) is 17.0. The van der Waals surface area contributed by atoms with E-state index >= 15 is 0 Å². The van der Waals surface area contributed by atoms with Crippen LogP contribution in [0.3, 0.4) is 0 Å². The summed E-state index contributed by atoms with van der Waals surface area (Å²) in [4.78, 5) is 27.1. The van der Waals surface area contributed by atoms with Crippen molar-refractivity contribution in [3.63, 3.8) is 0 Å². The van der Waals surface area contributed by atoms with Crippen molar-refractivity contribution in [2.45, 2.75) is 13.8 Å². The molecule has 0 N–H and O–H groups in total. The number of esters is 1. The summed E-state index contributed by atoms with van der Waals surface area (Å²) < 4.78 is 11.7. The monoisotopic (exact) mass is 473 g/mol. The number of amides is 1. The lowest BCUT2D eigenvalue weighted by Gasteiger charge is -2.14. The van der Waals surface area contributed by atoms with Crippen LogP contribution < -0.4 is 9.47 Å². The van der Waals surface area contributed by atoms with Crippen LogP contribution in [0.15, 0.2) is 54.0 Å². The number of benzene rings is 2. The van der Waals surface area contributed by atoms with Gasteiger partial charge in [-0.25, -0.2) is 4.79 Å². The molecule has 0 bridgehead atoms. The molecule has 1 fully saturated rings. The van der Waals surface area contributed by atoms with Crippen LogP contribution in [-0.2, 0) is 4.79 Å². The van der Waals surface area contributed by atoms with Crippen molar-refractivity contribution in [2.75, 3.05) is 13.2 Å². The van der Waals surface area contributed by atoms with E-state index in [4.69, 9.17) is 33.3 Å². The lowest BCUT2D eigenvalue weighted by molar-refractivity contribution is -0.121. The fourth-order valence-corrected chi connectivity index (χ4v) is 4.43. The van der Waals surface area contributed by atoms with E-state index in [0.29, 0.717) is 39.3 Å². The van der Waals surface area contributed by atoms with Crippen molar-refractivity contribution in [1.29, 1.82) is 0 Å². The number of thioether (sulfide) groups is 1. The molecule has 8 heteroatoms. The molecule has 0 radical (unpaired) electrons. The molecule has 1 saturated heterocycles. The number of halogens is 1. The van der Waals surface area contributed by atoms with Crippen LogP contribution in [-0.4, -0.2) is 34.2 Å². The Bertz CT molecular complexity index is 1100. The Morgan fingerprint density at radius 1 is 1.32 bits per heavy atom. The van der Waals surface area contributed by atoms with Gasteiger partial charge in [-0.3, -0.25) is 9.69 Å². The van der Waals surface area contributed by atoms with Gasteiger partial charge in [-0.05, 0) is 49.8 Å². The van der Waals surface area contributed by atoms with Gasteiger partial charge in [0.1, 0.15) is 4.32 Å². The van der Waals surface area contributed by atoms with Gasteiger partial charge in [-0.15, -0.1) is 6.58 Å². The summed E-state index contributed by atoms with van der Waals surface area (Å²) in [5.41, 5.74) is 1.98. The van der Waals surface area contributed by atoms with Gasteiger partial charge in [-0.2, -0.15) is 0 Å². The summed E-state index contributed by atoms with van der Waals surface area (Å²) in [5, 5.41) is 0.194. The highest BCUT2D eigenvalue weighted by molar-refractivity contribution is 8.26. The minimum absolute atomic E-state index is 0.131. The molecule has 160 valence electrons. The Morgan fingerprint density at radius 3 is 2.77 bits per heavy atom. The van der Waals surface area contributed by atoms with Gasteiger partial charge >= 0.3 is 5.97 Å². The Balaban J connectivity index is 1.92. The van der Waals surface area contributed by atoms with Gasteiger partial charge in [0.25, 0.3) is 5.91 Å². The molecule has 0 spiro atoms.